The Morgan fingerprint density at radius 1 is 1.23 bits per heavy atom. The summed E-state index contributed by atoms with van der Waals surface area (Å²) in [6, 6.07) is 3.10. The van der Waals surface area contributed by atoms with Crippen molar-refractivity contribution in [2.75, 3.05) is 64.8 Å². The van der Waals surface area contributed by atoms with Gasteiger partial charge in [0.1, 0.15) is 11.9 Å². The molecule has 0 unspecified atom stereocenters. The van der Waals surface area contributed by atoms with Crippen LogP contribution in [0.4, 0.5) is 5.69 Å². The number of carbonyl (C=O) groups is 2. The third-order valence-corrected chi connectivity index (χ3v) is 7.42. The second-order valence-corrected chi connectivity index (χ2v) is 9.98. The number of morpholine rings is 1. The number of benzene rings is 1. The van der Waals surface area contributed by atoms with Crippen molar-refractivity contribution < 1.29 is 23.8 Å². The van der Waals surface area contributed by atoms with Crippen molar-refractivity contribution in [1.82, 2.24) is 15.1 Å². The minimum Gasteiger partial charge on any atom is -0.493 e. The van der Waals surface area contributed by atoms with Gasteiger partial charge >= 0.3 is 5.97 Å². The Labute approximate surface area is 212 Å². The Morgan fingerprint density at radius 3 is 2.74 bits per heavy atom. The molecule has 4 heterocycles. The number of carbonyl (C=O) groups excluding carboxylic acids is 2. The second-order valence-electron chi connectivity index (χ2n) is 9.58. The average Bonchev–Trinajstić information content (AvgIpc) is 2.86. The van der Waals surface area contributed by atoms with E-state index >= 15 is 0 Å². The Morgan fingerprint density at radius 2 is 2.03 bits per heavy atom. The lowest BCUT2D eigenvalue weighted by atomic mass is 9.86. The number of nitrogens with one attached hydrogen (secondary N) is 1. The Kier molecular flexibility index (Phi) is 9.10. The molecule has 2 atom stereocenters. The molecule has 4 aliphatic heterocycles. The molecular weight excluding hydrogens is 472 g/mol. The Hall–Kier alpha value is -2.07. The number of ether oxygens (including phenoxy) is 3. The molecule has 1 aromatic carbocycles. The first kappa shape index (κ1) is 26.0. The van der Waals surface area contributed by atoms with Gasteiger partial charge in [0.2, 0.25) is 0 Å². The molecule has 0 saturated carbocycles. The van der Waals surface area contributed by atoms with Crippen LogP contribution in [0.25, 0.3) is 0 Å². The maximum atomic E-state index is 12.8. The highest BCUT2D eigenvalue weighted by Crippen LogP contribution is 2.30. The summed E-state index contributed by atoms with van der Waals surface area (Å²) in [7, 11) is 0. The average molecular weight is 509 g/mol. The van der Waals surface area contributed by atoms with E-state index in [0.29, 0.717) is 60.7 Å². The van der Waals surface area contributed by atoms with Crippen molar-refractivity contribution in [3.05, 3.63) is 22.7 Å². The quantitative estimate of drug-likeness (QED) is 0.366. The van der Waals surface area contributed by atoms with E-state index in [9.17, 15) is 9.59 Å². The van der Waals surface area contributed by atoms with Crippen LogP contribution in [0.2, 0.25) is 5.02 Å². The number of halogens is 1. The summed E-state index contributed by atoms with van der Waals surface area (Å²) in [5, 5.41) is 3.23. The van der Waals surface area contributed by atoms with Crippen molar-refractivity contribution in [2.24, 2.45) is 5.92 Å². The van der Waals surface area contributed by atoms with Crippen LogP contribution >= 0.6 is 11.6 Å². The highest BCUT2D eigenvalue weighted by molar-refractivity contribution is 6.33. The minimum atomic E-state index is -0.286. The topological polar surface area (TPSA) is 106 Å². The molecule has 4 aliphatic rings. The predicted molar refractivity (Wildman–Crippen MR) is 134 cm³/mol. The lowest BCUT2D eigenvalue weighted by Gasteiger charge is -2.43. The number of nitrogen functional groups attached to an aromatic ring is 1. The molecule has 35 heavy (non-hydrogen) atoms. The van der Waals surface area contributed by atoms with E-state index in [-0.39, 0.29) is 24.1 Å². The summed E-state index contributed by atoms with van der Waals surface area (Å²) in [6.45, 7) is 8.66. The van der Waals surface area contributed by atoms with Crippen LogP contribution in [0.3, 0.4) is 0 Å². The molecule has 5 rings (SSSR count). The number of nitrogens with two attached hydrogens (primary N) is 1. The number of hydrogen-bond acceptors (Lipinski definition) is 8. The summed E-state index contributed by atoms with van der Waals surface area (Å²) in [6.07, 6.45) is 3.40. The molecule has 0 spiro atoms. The van der Waals surface area contributed by atoms with E-state index < -0.39 is 0 Å². The Balaban J connectivity index is 1.18. The monoisotopic (exact) mass is 508 g/mol. The first-order chi connectivity index (χ1) is 16.9. The molecule has 4 saturated heterocycles. The van der Waals surface area contributed by atoms with E-state index in [1.54, 1.807) is 6.07 Å². The number of anilines is 1. The fourth-order valence-corrected chi connectivity index (χ4v) is 5.31. The molecule has 3 N–H and O–H groups in total. The highest BCUT2D eigenvalue weighted by Gasteiger charge is 2.36. The summed E-state index contributed by atoms with van der Waals surface area (Å²) in [5.41, 5.74) is 6.56. The number of rotatable bonds is 10. The molecule has 0 radical (unpaired) electrons. The van der Waals surface area contributed by atoms with Gasteiger partial charge < -0.3 is 25.3 Å². The largest absolute Gasteiger partial charge is 0.493 e. The summed E-state index contributed by atoms with van der Waals surface area (Å²) < 4.78 is 17.2. The molecule has 1 amide bonds. The van der Waals surface area contributed by atoms with Gasteiger partial charge in [-0.25, -0.2) is 0 Å². The number of amides is 1. The van der Waals surface area contributed by atoms with Gasteiger partial charge in [-0.2, -0.15) is 0 Å². The normalized spacial score (nSPS) is 26.3. The van der Waals surface area contributed by atoms with Crippen LogP contribution in [0, 0.1) is 5.92 Å². The van der Waals surface area contributed by atoms with Gasteiger partial charge in [0, 0.05) is 38.7 Å². The zero-order valence-corrected chi connectivity index (χ0v) is 21.2. The maximum Gasteiger partial charge on any atom is 0.306 e. The van der Waals surface area contributed by atoms with Gasteiger partial charge in [-0.3, -0.25) is 19.4 Å². The van der Waals surface area contributed by atoms with Crippen molar-refractivity contribution in [1.29, 1.82) is 0 Å². The fourth-order valence-electron chi connectivity index (χ4n) is 5.15. The first-order valence-corrected chi connectivity index (χ1v) is 13.1. The van der Waals surface area contributed by atoms with Gasteiger partial charge in [0.25, 0.3) is 5.91 Å². The zero-order valence-electron chi connectivity index (χ0n) is 20.5. The maximum absolute atomic E-state index is 12.8. The SMILES string of the molecule is CCOc1cc(N)c(Cl)cc1C(=O)NC[C@H]1CN(CCCC(=O)O[C@H]2CN3CCC2CC3)CCO1. The highest BCUT2D eigenvalue weighted by atomic mass is 35.5. The van der Waals surface area contributed by atoms with Crippen LogP contribution in [0.1, 0.15) is 43.0 Å². The van der Waals surface area contributed by atoms with Crippen LogP contribution in [-0.2, 0) is 14.3 Å². The van der Waals surface area contributed by atoms with Gasteiger partial charge in [0.05, 0.1) is 35.6 Å². The van der Waals surface area contributed by atoms with Crippen LogP contribution < -0.4 is 15.8 Å². The van der Waals surface area contributed by atoms with E-state index in [2.05, 4.69) is 15.1 Å². The molecule has 10 heteroatoms. The molecule has 0 aromatic heterocycles. The smallest absolute Gasteiger partial charge is 0.306 e. The molecule has 9 nitrogen and oxygen atoms in total. The molecular formula is C25H37ClN4O5. The predicted octanol–water partition coefficient (Wildman–Crippen LogP) is 2.17. The van der Waals surface area contributed by atoms with E-state index in [0.717, 1.165) is 52.0 Å². The molecule has 0 aliphatic carbocycles. The number of nitrogens with zero attached hydrogens (tertiary/aromatic N) is 2. The summed E-state index contributed by atoms with van der Waals surface area (Å²) >= 11 is 6.11. The fraction of sp³-hybridized carbons (Fsp3) is 0.680. The number of piperidine rings is 3. The molecule has 194 valence electrons. The number of hydrogen-bond donors (Lipinski definition) is 2. The van der Waals surface area contributed by atoms with E-state index in [4.69, 9.17) is 31.5 Å². The lowest BCUT2D eigenvalue weighted by Crippen LogP contribution is -2.52. The van der Waals surface area contributed by atoms with Crippen LogP contribution in [-0.4, -0.2) is 92.9 Å². The minimum absolute atomic E-state index is 0.0700. The van der Waals surface area contributed by atoms with E-state index in [1.807, 2.05) is 6.92 Å². The van der Waals surface area contributed by atoms with E-state index in [1.165, 1.54) is 6.07 Å². The standard InChI is InChI=1S/C25H37ClN4O5/c1-2-33-22-13-21(27)20(26)12-19(22)25(32)28-14-18-15-29(10-11-34-18)7-3-4-24(31)35-23-16-30-8-5-17(23)6-9-30/h12-13,17-18,23H,2-11,14-16,27H2,1H3,(H,28,32)/t18-,23-/m0/s1. The number of fused-ring (bicyclic) bond motifs is 3. The van der Waals surface area contributed by atoms with Crippen molar-refractivity contribution in [2.45, 2.75) is 44.8 Å². The summed E-state index contributed by atoms with van der Waals surface area (Å²) in [5.74, 6) is 0.566. The van der Waals surface area contributed by atoms with Gasteiger partial charge in [-0.05, 0) is 57.8 Å². The third-order valence-electron chi connectivity index (χ3n) is 7.09. The molecule has 2 bridgehead atoms. The van der Waals surface area contributed by atoms with Crippen LogP contribution in [0.15, 0.2) is 12.1 Å². The third kappa shape index (κ3) is 7.00. The van der Waals surface area contributed by atoms with Crippen LogP contribution in [0.5, 0.6) is 5.75 Å². The van der Waals surface area contributed by atoms with Gasteiger partial charge in [-0.15, -0.1) is 0 Å². The van der Waals surface area contributed by atoms with Gasteiger partial charge in [-0.1, -0.05) is 11.6 Å². The van der Waals surface area contributed by atoms with Gasteiger partial charge in [0.15, 0.2) is 0 Å². The number of esters is 1. The lowest BCUT2D eigenvalue weighted by molar-refractivity contribution is -0.159. The van der Waals surface area contributed by atoms with Crippen molar-refractivity contribution in [3.8, 4) is 5.75 Å². The zero-order chi connectivity index (χ0) is 24.8. The first-order valence-electron chi connectivity index (χ1n) is 12.7. The second kappa shape index (κ2) is 12.3. The molecule has 4 fully saturated rings. The van der Waals surface area contributed by atoms with Crippen molar-refractivity contribution >= 4 is 29.2 Å². The summed E-state index contributed by atoms with van der Waals surface area (Å²) in [4.78, 5) is 29.8. The molecule has 1 aromatic rings. The van der Waals surface area contributed by atoms with Crippen molar-refractivity contribution in [3.63, 3.8) is 0 Å². The Bertz CT molecular complexity index is 893.